The van der Waals surface area contributed by atoms with Gasteiger partial charge in [0, 0.05) is 0 Å². The molecule has 1 aromatic heterocycles. The normalized spacial score (nSPS) is 12.2. The summed E-state index contributed by atoms with van der Waals surface area (Å²) in [5.74, 6) is 0. The van der Waals surface area contributed by atoms with E-state index in [1.54, 1.807) is 24.5 Å². The van der Waals surface area contributed by atoms with Crippen molar-refractivity contribution >= 4 is 11.0 Å². The van der Waals surface area contributed by atoms with Crippen LogP contribution >= 0.6 is 0 Å². The topological polar surface area (TPSA) is 37.9 Å². The van der Waals surface area contributed by atoms with Crippen LogP contribution in [0.15, 0.2) is 24.5 Å². The van der Waals surface area contributed by atoms with Crippen LogP contribution in [-0.4, -0.2) is 22.9 Å². The maximum atomic E-state index is 11.7. The molecule has 1 heterocycles. The minimum atomic E-state index is -4.56. The average molecular weight is 230 g/mol. The van der Waals surface area contributed by atoms with Crippen molar-refractivity contribution < 1.29 is 17.9 Å². The largest absolute Gasteiger partial charge is 0.522 e. The summed E-state index contributed by atoms with van der Waals surface area (Å²) in [5, 5.41) is 0. The zero-order chi connectivity index (χ0) is 11.6. The van der Waals surface area contributed by atoms with E-state index in [4.69, 9.17) is 0 Å². The maximum absolute atomic E-state index is 11.7. The molecular formula is C10H9F3N2O. The number of alkyl halides is 3. The molecule has 3 nitrogen and oxygen atoms in total. The average Bonchev–Trinajstić information content (AvgIpc) is 2.62. The summed E-state index contributed by atoms with van der Waals surface area (Å²) >= 11 is 0. The third-order valence-corrected chi connectivity index (χ3v) is 2.14. The number of nitrogens with one attached hydrogen (secondary N) is 1. The molecule has 2 rings (SSSR count). The summed E-state index contributed by atoms with van der Waals surface area (Å²) in [6, 6.07) is 5.26. The van der Waals surface area contributed by atoms with Crippen molar-refractivity contribution in [2.75, 3.05) is 6.61 Å². The van der Waals surface area contributed by atoms with Crippen LogP contribution in [-0.2, 0) is 11.2 Å². The van der Waals surface area contributed by atoms with Gasteiger partial charge in [-0.25, -0.2) is 4.98 Å². The van der Waals surface area contributed by atoms with Gasteiger partial charge in [0.1, 0.15) is 0 Å². The lowest BCUT2D eigenvalue weighted by atomic mass is 10.1. The fourth-order valence-electron chi connectivity index (χ4n) is 1.42. The number of rotatable bonds is 3. The molecule has 1 aromatic carbocycles. The van der Waals surface area contributed by atoms with E-state index in [-0.39, 0.29) is 13.0 Å². The first-order chi connectivity index (χ1) is 7.54. The molecule has 0 radical (unpaired) electrons. The summed E-state index contributed by atoms with van der Waals surface area (Å²) in [6.07, 6.45) is -2.80. The van der Waals surface area contributed by atoms with E-state index in [2.05, 4.69) is 14.7 Å². The van der Waals surface area contributed by atoms with Gasteiger partial charge >= 0.3 is 6.36 Å². The van der Waals surface area contributed by atoms with E-state index in [0.29, 0.717) is 0 Å². The summed E-state index contributed by atoms with van der Waals surface area (Å²) in [5.41, 5.74) is 2.38. The van der Waals surface area contributed by atoms with Gasteiger partial charge in [0.2, 0.25) is 0 Å². The van der Waals surface area contributed by atoms with Crippen molar-refractivity contribution in [2.24, 2.45) is 0 Å². The van der Waals surface area contributed by atoms with E-state index in [1.165, 1.54) is 0 Å². The zero-order valence-electron chi connectivity index (χ0n) is 8.21. The number of benzene rings is 1. The van der Waals surface area contributed by atoms with Crippen molar-refractivity contribution in [3.05, 3.63) is 30.1 Å². The highest BCUT2D eigenvalue weighted by Gasteiger charge is 2.28. The smallest absolute Gasteiger partial charge is 0.345 e. The highest BCUT2D eigenvalue weighted by atomic mass is 19.4. The molecule has 86 valence electrons. The van der Waals surface area contributed by atoms with Crippen LogP contribution in [0.3, 0.4) is 0 Å². The number of hydrogen-bond donors (Lipinski definition) is 1. The molecule has 0 fully saturated rings. The first-order valence-corrected chi connectivity index (χ1v) is 4.67. The molecule has 0 atom stereocenters. The number of aromatic nitrogens is 2. The molecule has 0 aliphatic heterocycles. The maximum Gasteiger partial charge on any atom is 0.522 e. The van der Waals surface area contributed by atoms with Crippen molar-refractivity contribution in [3.63, 3.8) is 0 Å². The summed E-state index contributed by atoms with van der Waals surface area (Å²) in [6.45, 7) is -0.372. The molecule has 0 spiro atoms. The third kappa shape index (κ3) is 2.73. The van der Waals surface area contributed by atoms with Crippen LogP contribution in [0.1, 0.15) is 5.56 Å². The predicted octanol–water partition coefficient (Wildman–Crippen LogP) is 2.64. The Morgan fingerprint density at radius 2 is 2.12 bits per heavy atom. The van der Waals surface area contributed by atoms with Gasteiger partial charge in [-0.1, -0.05) is 6.07 Å². The van der Waals surface area contributed by atoms with E-state index in [0.717, 1.165) is 16.6 Å². The van der Waals surface area contributed by atoms with Gasteiger partial charge in [0.05, 0.1) is 24.0 Å². The minimum Gasteiger partial charge on any atom is -0.345 e. The Kier molecular flexibility index (Phi) is 2.82. The van der Waals surface area contributed by atoms with Crippen LogP contribution < -0.4 is 0 Å². The van der Waals surface area contributed by atoms with E-state index in [1.807, 2.05) is 0 Å². The fourth-order valence-corrected chi connectivity index (χ4v) is 1.42. The molecule has 1 N–H and O–H groups in total. The lowest BCUT2D eigenvalue weighted by Crippen LogP contribution is -2.15. The SMILES string of the molecule is FC(F)(F)OCCc1ccc2nc[nH]c2c1. The highest BCUT2D eigenvalue weighted by Crippen LogP contribution is 2.17. The Morgan fingerprint density at radius 3 is 2.88 bits per heavy atom. The molecule has 0 amide bonds. The molecule has 16 heavy (non-hydrogen) atoms. The van der Waals surface area contributed by atoms with Crippen LogP contribution in [0, 0.1) is 0 Å². The second-order valence-corrected chi connectivity index (χ2v) is 3.30. The van der Waals surface area contributed by atoms with Gasteiger partial charge in [0.25, 0.3) is 0 Å². The van der Waals surface area contributed by atoms with Gasteiger partial charge < -0.3 is 4.98 Å². The lowest BCUT2D eigenvalue weighted by molar-refractivity contribution is -0.324. The highest BCUT2D eigenvalue weighted by molar-refractivity contribution is 5.74. The van der Waals surface area contributed by atoms with Crippen molar-refractivity contribution in [1.29, 1.82) is 0 Å². The lowest BCUT2D eigenvalue weighted by Gasteiger charge is -2.06. The van der Waals surface area contributed by atoms with Gasteiger partial charge in [-0.05, 0) is 24.1 Å². The van der Waals surface area contributed by atoms with Gasteiger partial charge in [-0.3, -0.25) is 4.74 Å². The van der Waals surface area contributed by atoms with Gasteiger partial charge in [-0.2, -0.15) is 0 Å². The Balaban J connectivity index is 1.99. The third-order valence-electron chi connectivity index (χ3n) is 2.14. The molecular weight excluding hydrogens is 221 g/mol. The van der Waals surface area contributed by atoms with Crippen molar-refractivity contribution in [3.8, 4) is 0 Å². The number of halogens is 3. The number of ether oxygens (including phenoxy) is 1. The number of fused-ring (bicyclic) bond motifs is 1. The molecule has 0 aliphatic rings. The molecule has 0 bridgehead atoms. The minimum absolute atomic E-state index is 0.217. The van der Waals surface area contributed by atoms with Crippen LogP contribution in [0.2, 0.25) is 0 Å². The predicted molar refractivity (Wildman–Crippen MR) is 51.8 cm³/mol. The Hall–Kier alpha value is -1.56. The summed E-state index contributed by atoms with van der Waals surface area (Å²) in [4.78, 5) is 6.91. The Morgan fingerprint density at radius 1 is 1.31 bits per heavy atom. The summed E-state index contributed by atoms with van der Waals surface area (Å²) in [7, 11) is 0. The molecule has 0 saturated carbocycles. The molecule has 2 aromatic rings. The number of nitrogens with zero attached hydrogens (tertiary/aromatic N) is 1. The Labute approximate surface area is 89.2 Å². The van der Waals surface area contributed by atoms with E-state index in [9.17, 15) is 13.2 Å². The van der Waals surface area contributed by atoms with E-state index < -0.39 is 6.36 Å². The zero-order valence-corrected chi connectivity index (χ0v) is 8.21. The molecule has 0 unspecified atom stereocenters. The molecule has 6 heteroatoms. The first kappa shape index (κ1) is 10.9. The Bertz CT molecular complexity index is 478. The van der Waals surface area contributed by atoms with Gasteiger partial charge in [0.15, 0.2) is 0 Å². The monoisotopic (exact) mass is 230 g/mol. The van der Waals surface area contributed by atoms with Crippen molar-refractivity contribution in [2.45, 2.75) is 12.8 Å². The fraction of sp³-hybridized carbons (Fsp3) is 0.300. The molecule has 0 aliphatic carbocycles. The van der Waals surface area contributed by atoms with Crippen LogP contribution in [0.5, 0.6) is 0 Å². The second kappa shape index (κ2) is 4.13. The van der Waals surface area contributed by atoms with Gasteiger partial charge in [-0.15, -0.1) is 13.2 Å². The first-order valence-electron chi connectivity index (χ1n) is 4.67. The quantitative estimate of drug-likeness (QED) is 0.880. The molecule has 0 saturated heterocycles. The van der Waals surface area contributed by atoms with E-state index >= 15 is 0 Å². The number of imidazole rings is 1. The number of H-pyrrole nitrogens is 1. The standard InChI is InChI=1S/C10H9F3N2O/c11-10(12,13)16-4-3-7-1-2-8-9(5-7)15-6-14-8/h1-2,5-6H,3-4H2,(H,14,15). The second-order valence-electron chi connectivity index (χ2n) is 3.30. The number of aromatic amines is 1. The van der Waals surface area contributed by atoms with Crippen molar-refractivity contribution in [1.82, 2.24) is 9.97 Å². The summed E-state index contributed by atoms with van der Waals surface area (Å²) < 4.78 is 38.9. The number of hydrogen-bond acceptors (Lipinski definition) is 2. The van der Waals surface area contributed by atoms with Crippen LogP contribution in [0.4, 0.5) is 13.2 Å². The van der Waals surface area contributed by atoms with Crippen LogP contribution in [0.25, 0.3) is 11.0 Å².